The lowest BCUT2D eigenvalue weighted by Gasteiger charge is -2.16. The second kappa shape index (κ2) is 8.50. The Morgan fingerprint density at radius 1 is 1.03 bits per heavy atom. The molecule has 0 unspecified atom stereocenters. The number of hydrogen-bond donors (Lipinski definition) is 2. The van der Waals surface area contributed by atoms with Gasteiger partial charge in [-0.3, -0.25) is 4.79 Å². The first kappa shape index (κ1) is 23.1. The SMILES string of the molecule is Cc1cccc(C)c1Oc1nc(C(F)(F)F)ccc1C(=O)NS(=O)(=O)c1cccc(N)c1. The molecule has 3 aromatic rings. The minimum absolute atomic E-state index is 0.149. The summed E-state index contributed by atoms with van der Waals surface area (Å²) in [6.07, 6.45) is -4.80. The van der Waals surface area contributed by atoms with E-state index in [1.807, 2.05) is 0 Å². The number of para-hydroxylation sites is 1. The first-order chi connectivity index (χ1) is 14.9. The minimum atomic E-state index is -4.80. The molecule has 0 aliphatic rings. The molecular weight excluding hydrogens is 447 g/mol. The maximum Gasteiger partial charge on any atom is 0.433 e. The number of anilines is 1. The van der Waals surface area contributed by atoms with Gasteiger partial charge < -0.3 is 10.5 Å². The molecule has 1 aromatic heterocycles. The topological polar surface area (TPSA) is 111 Å². The summed E-state index contributed by atoms with van der Waals surface area (Å²) in [5.41, 5.74) is 5.11. The summed E-state index contributed by atoms with van der Waals surface area (Å²) in [5.74, 6) is -1.69. The fourth-order valence-electron chi connectivity index (χ4n) is 2.82. The number of nitrogen functional groups attached to an aromatic ring is 1. The average Bonchev–Trinajstić information content (AvgIpc) is 2.69. The number of pyridine rings is 1. The van der Waals surface area contributed by atoms with Gasteiger partial charge in [0.2, 0.25) is 5.88 Å². The lowest BCUT2D eigenvalue weighted by molar-refractivity contribution is -0.141. The van der Waals surface area contributed by atoms with Gasteiger partial charge in [0, 0.05) is 5.69 Å². The zero-order valence-electron chi connectivity index (χ0n) is 16.9. The summed E-state index contributed by atoms with van der Waals surface area (Å²) in [7, 11) is -4.36. The van der Waals surface area contributed by atoms with Crippen LogP contribution in [0.15, 0.2) is 59.5 Å². The third kappa shape index (κ3) is 4.99. The van der Waals surface area contributed by atoms with Crippen LogP contribution in [0.4, 0.5) is 18.9 Å². The summed E-state index contributed by atoms with van der Waals surface area (Å²) >= 11 is 0. The highest BCUT2D eigenvalue weighted by Crippen LogP contribution is 2.34. The normalized spacial score (nSPS) is 11.8. The van der Waals surface area contributed by atoms with Gasteiger partial charge >= 0.3 is 6.18 Å². The number of rotatable bonds is 5. The molecule has 0 bridgehead atoms. The van der Waals surface area contributed by atoms with Crippen LogP contribution < -0.4 is 15.2 Å². The third-order valence-electron chi connectivity index (χ3n) is 4.40. The molecular formula is C21H18F3N3O4S. The van der Waals surface area contributed by atoms with E-state index in [0.717, 1.165) is 12.1 Å². The minimum Gasteiger partial charge on any atom is -0.438 e. The van der Waals surface area contributed by atoms with E-state index in [1.165, 1.54) is 18.2 Å². The Bertz CT molecular complexity index is 1270. The second-order valence-corrected chi connectivity index (χ2v) is 8.56. The third-order valence-corrected chi connectivity index (χ3v) is 5.73. The Hall–Kier alpha value is -3.60. The smallest absolute Gasteiger partial charge is 0.433 e. The Labute approximate surface area is 182 Å². The molecule has 0 aliphatic carbocycles. The van der Waals surface area contributed by atoms with E-state index in [9.17, 15) is 26.4 Å². The van der Waals surface area contributed by atoms with Gasteiger partial charge in [-0.25, -0.2) is 18.1 Å². The summed E-state index contributed by atoms with van der Waals surface area (Å²) < 4.78 is 72.1. The lowest BCUT2D eigenvalue weighted by atomic mass is 10.1. The fourth-order valence-corrected chi connectivity index (χ4v) is 3.84. The van der Waals surface area contributed by atoms with E-state index in [1.54, 1.807) is 36.8 Å². The van der Waals surface area contributed by atoms with Crippen molar-refractivity contribution in [2.75, 3.05) is 5.73 Å². The Kier molecular flexibility index (Phi) is 6.13. The Morgan fingerprint density at radius 3 is 2.25 bits per heavy atom. The number of nitrogens with zero attached hydrogens (tertiary/aromatic N) is 1. The van der Waals surface area contributed by atoms with Crippen LogP contribution >= 0.6 is 0 Å². The van der Waals surface area contributed by atoms with E-state index >= 15 is 0 Å². The molecule has 0 aliphatic heterocycles. The first-order valence-corrected chi connectivity index (χ1v) is 10.6. The number of ether oxygens (including phenoxy) is 1. The van der Waals surface area contributed by atoms with Crippen molar-refractivity contribution in [1.29, 1.82) is 0 Å². The molecule has 0 fully saturated rings. The number of aryl methyl sites for hydroxylation is 2. The molecule has 0 radical (unpaired) electrons. The number of alkyl halides is 3. The number of aromatic nitrogens is 1. The van der Waals surface area contributed by atoms with Gasteiger partial charge in [-0.1, -0.05) is 24.3 Å². The van der Waals surface area contributed by atoms with E-state index in [-0.39, 0.29) is 16.3 Å². The van der Waals surface area contributed by atoms with Crippen molar-refractivity contribution in [3.8, 4) is 11.6 Å². The number of amides is 1. The number of halogens is 3. The number of benzene rings is 2. The van der Waals surface area contributed by atoms with Crippen molar-refractivity contribution in [2.45, 2.75) is 24.9 Å². The predicted octanol–water partition coefficient (Wildman–Crippen LogP) is 4.21. The molecule has 3 N–H and O–H groups in total. The van der Waals surface area contributed by atoms with Crippen LogP contribution in [0.3, 0.4) is 0 Å². The molecule has 11 heteroatoms. The molecule has 0 saturated heterocycles. The second-order valence-electron chi connectivity index (χ2n) is 6.88. The van der Waals surface area contributed by atoms with Gasteiger partial charge in [-0.15, -0.1) is 0 Å². The summed E-state index contributed by atoms with van der Waals surface area (Å²) in [5, 5.41) is 0. The van der Waals surface area contributed by atoms with Crippen LogP contribution in [-0.4, -0.2) is 19.3 Å². The zero-order chi connectivity index (χ0) is 23.7. The standard InChI is InChI=1S/C21H18F3N3O4S/c1-12-5-3-6-13(2)18(12)31-20-16(9-10-17(26-20)21(22,23)24)19(28)27-32(29,30)15-8-4-7-14(25)11-15/h3-11H,25H2,1-2H3,(H,27,28). The van der Waals surface area contributed by atoms with Crippen LogP contribution in [-0.2, 0) is 16.2 Å². The highest BCUT2D eigenvalue weighted by molar-refractivity contribution is 7.90. The Morgan fingerprint density at radius 2 is 1.66 bits per heavy atom. The molecule has 1 amide bonds. The van der Waals surface area contributed by atoms with Crippen molar-refractivity contribution in [3.63, 3.8) is 0 Å². The molecule has 3 rings (SSSR count). The number of carbonyl (C=O) groups is 1. The van der Waals surface area contributed by atoms with Gasteiger partial charge in [0.25, 0.3) is 15.9 Å². The van der Waals surface area contributed by atoms with Crippen LogP contribution in [0, 0.1) is 13.8 Å². The molecule has 1 heterocycles. The molecule has 0 spiro atoms. The van der Waals surface area contributed by atoms with E-state index in [2.05, 4.69) is 4.98 Å². The fraction of sp³-hybridized carbons (Fsp3) is 0.143. The van der Waals surface area contributed by atoms with Crippen LogP contribution in [0.2, 0.25) is 0 Å². The zero-order valence-corrected chi connectivity index (χ0v) is 17.7. The number of carbonyl (C=O) groups excluding carboxylic acids is 1. The Balaban J connectivity index is 2.04. The van der Waals surface area contributed by atoms with Gasteiger partial charge in [0.15, 0.2) is 0 Å². The molecule has 32 heavy (non-hydrogen) atoms. The van der Waals surface area contributed by atoms with E-state index < -0.39 is 39.2 Å². The van der Waals surface area contributed by atoms with E-state index in [0.29, 0.717) is 17.2 Å². The quantitative estimate of drug-likeness (QED) is 0.546. The van der Waals surface area contributed by atoms with Crippen molar-refractivity contribution in [3.05, 3.63) is 77.0 Å². The van der Waals surface area contributed by atoms with Crippen LogP contribution in [0.1, 0.15) is 27.2 Å². The first-order valence-electron chi connectivity index (χ1n) is 9.13. The van der Waals surface area contributed by atoms with Crippen molar-refractivity contribution >= 4 is 21.6 Å². The largest absolute Gasteiger partial charge is 0.438 e. The van der Waals surface area contributed by atoms with Crippen LogP contribution in [0.25, 0.3) is 0 Å². The maximum absolute atomic E-state index is 13.2. The summed E-state index contributed by atoms with van der Waals surface area (Å²) in [6, 6.07) is 11.6. The number of sulfonamides is 1. The average molecular weight is 465 g/mol. The van der Waals surface area contributed by atoms with Gasteiger partial charge in [-0.05, 0) is 55.3 Å². The predicted molar refractivity (Wildman–Crippen MR) is 111 cm³/mol. The van der Waals surface area contributed by atoms with Crippen molar-refractivity contribution in [1.82, 2.24) is 9.71 Å². The molecule has 168 valence electrons. The highest BCUT2D eigenvalue weighted by Gasteiger charge is 2.34. The van der Waals surface area contributed by atoms with Crippen molar-refractivity contribution < 1.29 is 31.1 Å². The maximum atomic E-state index is 13.2. The van der Waals surface area contributed by atoms with E-state index in [4.69, 9.17) is 10.5 Å². The van der Waals surface area contributed by atoms with Crippen LogP contribution in [0.5, 0.6) is 11.6 Å². The summed E-state index contributed by atoms with van der Waals surface area (Å²) in [4.78, 5) is 15.9. The monoisotopic (exact) mass is 465 g/mol. The van der Waals surface area contributed by atoms with Gasteiger partial charge in [0.1, 0.15) is 17.0 Å². The van der Waals surface area contributed by atoms with Crippen molar-refractivity contribution in [2.24, 2.45) is 0 Å². The summed E-state index contributed by atoms with van der Waals surface area (Å²) in [6.45, 7) is 3.33. The molecule has 2 aromatic carbocycles. The van der Waals surface area contributed by atoms with Gasteiger partial charge in [-0.2, -0.15) is 13.2 Å². The number of nitrogens with two attached hydrogens (primary N) is 1. The number of nitrogens with one attached hydrogen (secondary N) is 1. The van der Waals surface area contributed by atoms with Gasteiger partial charge in [0.05, 0.1) is 4.90 Å². The number of hydrogen-bond acceptors (Lipinski definition) is 6. The lowest BCUT2D eigenvalue weighted by Crippen LogP contribution is -2.31. The highest BCUT2D eigenvalue weighted by atomic mass is 32.2. The molecule has 0 saturated carbocycles. The molecule has 7 nitrogen and oxygen atoms in total. The molecule has 0 atom stereocenters.